The van der Waals surface area contributed by atoms with E-state index in [0.29, 0.717) is 5.02 Å². The molecule has 4 unspecified atom stereocenters. The Kier molecular flexibility index (Phi) is 3.80. The average molecular weight is 304 g/mol. The van der Waals surface area contributed by atoms with Crippen molar-refractivity contribution in [3.8, 4) is 0 Å². The zero-order chi connectivity index (χ0) is 12.7. The molecule has 1 aromatic carbocycles. The molecule has 3 rings (SSSR count). The molecular formula is C15H17Cl3. The molecule has 0 radical (unpaired) electrons. The zero-order valence-electron chi connectivity index (χ0n) is 10.2. The molecule has 0 aliphatic heterocycles. The van der Waals surface area contributed by atoms with E-state index in [9.17, 15) is 0 Å². The van der Waals surface area contributed by atoms with E-state index in [-0.39, 0.29) is 5.38 Å². The average Bonchev–Trinajstić information content (AvgIpc) is 2.94. The molecule has 2 bridgehead atoms. The van der Waals surface area contributed by atoms with E-state index in [1.165, 1.54) is 25.7 Å². The molecule has 0 saturated heterocycles. The summed E-state index contributed by atoms with van der Waals surface area (Å²) in [5.41, 5.74) is 0.994. The van der Waals surface area contributed by atoms with E-state index in [4.69, 9.17) is 34.8 Å². The summed E-state index contributed by atoms with van der Waals surface area (Å²) in [6, 6.07) is 5.57. The highest BCUT2D eigenvalue weighted by molar-refractivity contribution is 6.34. The lowest BCUT2D eigenvalue weighted by Gasteiger charge is -2.24. The van der Waals surface area contributed by atoms with Gasteiger partial charge in [-0.15, -0.1) is 11.6 Å². The largest absolute Gasteiger partial charge is 0.118 e. The zero-order valence-corrected chi connectivity index (χ0v) is 12.5. The summed E-state index contributed by atoms with van der Waals surface area (Å²) in [6.07, 6.45) is 6.68. The molecule has 0 nitrogen and oxygen atoms in total. The van der Waals surface area contributed by atoms with Gasteiger partial charge in [0.2, 0.25) is 0 Å². The molecule has 3 heteroatoms. The van der Waals surface area contributed by atoms with E-state index < -0.39 is 0 Å². The third-order valence-corrected chi connectivity index (χ3v) is 5.68. The van der Waals surface area contributed by atoms with Crippen LogP contribution in [0.2, 0.25) is 10.0 Å². The monoisotopic (exact) mass is 302 g/mol. The molecule has 0 amide bonds. The minimum Gasteiger partial charge on any atom is -0.118 e. The highest BCUT2D eigenvalue weighted by atomic mass is 35.5. The van der Waals surface area contributed by atoms with Crippen molar-refractivity contribution < 1.29 is 0 Å². The molecule has 0 heterocycles. The second-order valence-electron chi connectivity index (χ2n) is 5.80. The Hall–Kier alpha value is 0.0900. The quantitative estimate of drug-likeness (QED) is 0.592. The maximum Gasteiger partial charge on any atom is 0.0603 e. The Morgan fingerprint density at radius 1 is 1.17 bits per heavy atom. The minimum atomic E-state index is 0.000509. The first-order valence-corrected chi connectivity index (χ1v) is 7.91. The van der Waals surface area contributed by atoms with Crippen LogP contribution in [-0.4, -0.2) is 0 Å². The van der Waals surface area contributed by atoms with E-state index in [1.54, 1.807) is 0 Å². The summed E-state index contributed by atoms with van der Waals surface area (Å²) >= 11 is 18.8. The summed E-state index contributed by atoms with van der Waals surface area (Å²) < 4.78 is 0. The molecule has 2 saturated carbocycles. The summed E-state index contributed by atoms with van der Waals surface area (Å²) in [5, 5.41) is 1.45. The van der Waals surface area contributed by atoms with Crippen LogP contribution in [0.3, 0.4) is 0 Å². The molecule has 2 aliphatic rings. The number of benzene rings is 1. The summed E-state index contributed by atoms with van der Waals surface area (Å²) in [7, 11) is 0. The smallest absolute Gasteiger partial charge is 0.0603 e. The van der Waals surface area contributed by atoms with Gasteiger partial charge in [-0.2, -0.15) is 0 Å². The van der Waals surface area contributed by atoms with Crippen LogP contribution < -0.4 is 0 Å². The molecule has 2 aliphatic carbocycles. The molecule has 98 valence electrons. The van der Waals surface area contributed by atoms with Crippen molar-refractivity contribution in [2.45, 2.75) is 37.5 Å². The maximum absolute atomic E-state index is 6.56. The number of alkyl halides is 1. The Balaban J connectivity index is 1.71. The summed E-state index contributed by atoms with van der Waals surface area (Å²) in [4.78, 5) is 0. The Bertz CT molecular complexity index is 443. The van der Waals surface area contributed by atoms with E-state index in [0.717, 1.165) is 34.8 Å². The van der Waals surface area contributed by atoms with Gasteiger partial charge in [-0.3, -0.25) is 0 Å². The molecule has 18 heavy (non-hydrogen) atoms. The topological polar surface area (TPSA) is 0 Å². The first-order valence-electron chi connectivity index (χ1n) is 6.72. The van der Waals surface area contributed by atoms with E-state index in [2.05, 4.69) is 0 Å². The van der Waals surface area contributed by atoms with Crippen LogP contribution >= 0.6 is 34.8 Å². The number of rotatable bonds is 3. The van der Waals surface area contributed by atoms with Crippen molar-refractivity contribution in [3.63, 3.8) is 0 Å². The molecule has 0 aromatic heterocycles. The number of fused-ring (bicyclic) bond motifs is 2. The number of hydrogen-bond acceptors (Lipinski definition) is 0. The SMILES string of the molecule is Clc1ccc(Cl)c(C(Cl)CC2CC3CCC2C3)c1. The first-order chi connectivity index (χ1) is 8.63. The van der Waals surface area contributed by atoms with Crippen molar-refractivity contribution in [1.29, 1.82) is 0 Å². The van der Waals surface area contributed by atoms with Crippen LogP contribution in [0, 0.1) is 17.8 Å². The summed E-state index contributed by atoms with van der Waals surface area (Å²) in [6.45, 7) is 0. The lowest BCUT2D eigenvalue weighted by atomic mass is 9.84. The van der Waals surface area contributed by atoms with Gasteiger partial charge in [0, 0.05) is 10.0 Å². The normalized spacial score (nSPS) is 31.8. The van der Waals surface area contributed by atoms with Gasteiger partial charge in [0.05, 0.1) is 5.38 Å². The van der Waals surface area contributed by atoms with Gasteiger partial charge in [0.25, 0.3) is 0 Å². The highest BCUT2D eigenvalue weighted by Gasteiger charge is 2.40. The summed E-state index contributed by atoms with van der Waals surface area (Å²) in [5.74, 6) is 2.68. The van der Waals surface area contributed by atoms with Gasteiger partial charge in [-0.05, 0) is 67.2 Å². The van der Waals surface area contributed by atoms with Crippen molar-refractivity contribution in [2.75, 3.05) is 0 Å². The van der Waals surface area contributed by atoms with Crippen LogP contribution in [0.5, 0.6) is 0 Å². The molecule has 0 spiro atoms. The third-order valence-electron chi connectivity index (χ3n) is 4.69. The van der Waals surface area contributed by atoms with E-state index >= 15 is 0 Å². The van der Waals surface area contributed by atoms with Crippen molar-refractivity contribution in [2.24, 2.45) is 17.8 Å². The standard InChI is InChI=1S/C15H17Cl3/c16-12-3-4-14(17)13(8-12)15(18)7-11-6-9-1-2-10(11)5-9/h3-4,8-11,15H,1-2,5-7H2. The van der Waals surface area contributed by atoms with Crippen molar-refractivity contribution in [1.82, 2.24) is 0 Å². The van der Waals surface area contributed by atoms with Gasteiger partial charge in [-0.1, -0.05) is 29.6 Å². The lowest BCUT2D eigenvalue weighted by Crippen LogP contribution is -2.12. The van der Waals surface area contributed by atoms with Crippen molar-refractivity contribution >= 4 is 34.8 Å². The predicted octanol–water partition coefficient (Wildman–Crippen LogP) is 6.10. The van der Waals surface area contributed by atoms with Crippen LogP contribution in [0.25, 0.3) is 0 Å². The van der Waals surface area contributed by atoms with Gasteiger partial charge < -0.3 is 0 Å². The molecule has 4 atom stereocenters. The Morgan fingerprint density at radius 2 is 2.00 bits per heavy atom. The first kappa shape index (κ1) is 13.1. The second kappa shape index (κ2) is 5.23. The number of halogens is 3. The minimum absolute atomic E-state index is 0.000509. The van der Waals surface area contributed by atoms with E-state index in [1.807, 2.05) is 18.2 Å². The predicted molar refractivity (Wildman–Crippen MR) is 78.6 cm³/mol. The molecule has 1 aromatic rings. The molecule has 2 fully saturated rings. The molecule has 0 N–H and O–H groups in total. The van der Waals surface area contributed by atoms with Gasteiger partial charge in [0.1, 0.15) is 0 Å². The Labute approximate surface area is 124 Å². The van der Waals surface area contributed by atoms with Gasteiger partial charge >= 0.3 is 0 Å². The van der Waals surface area contributed by atoms with Crippen LogP contribution in [-0.2, 0) is 0 Å². The lowest BCUT2D eigenvalue weighted by molar-refractivity contribution is 0.312. The Morgan fingerprint density at radius 3 is 2.67 bits per heavy atom. The fourth-order valence-electron chi connectivity index (χ4n) is 3.81. The van der Waals surface area contributed by atoms with Gasteiger partial charge in [0.15, 0.2) is 0 Å². The van der Waals surface area contributed by atoms with Crippen LogP contribution in [0.4, 0.5) is 0 Å². The van der Waals surface area contributed by atoms with Crippen molar-refractivity contribution in [3.05, 3.63) is 33.8 Å². The van der Waals surface area contributed by atoms with Crippen LogP contribution in [0.1, 0.15) is 43.0 Å². The van der Waals surface area contributed by atoms with Crippen LogP contribution in [0.15, 0.2) is 18.2 Å². The molecular weight excluding hydrogens is 287 g/mol. The fraction of sp³-hybridized carbons (Fsp3) is 0.600. The maximum atomic E-state index is 6.56. The highest BCUT2D eigenvalue weighted by Crippen LogP contribution is 2.52. The fourth-order valence-corrected chi connectivity index (χ4v) is 4.71. The third kappa shape index (κ3) is 2.53. The second-order valence-corrected chi connectivity index (χ2v) is 7.17. The van der Waals surface area contributed by atoms with Gasteiger partial charge in [-0.25, -0.2) is 0 Å². The number of hydrogen-bond donors (Lipinski definition) is 0.